The molecule has 2 N–H and O–H groups in total. The Morgan fingerprint density at radius 1 is 1.00 bits per heavy atom. The van der Waals surface area contributed by atoms with Crippen molar-refractivity contribution in [1.29, 1.82) is 0 Å². The van der Waals surface area contributed by atoms with Gasteiger partial charge in [-0.3, -0.25) is 9.59 Å². The highest BCUT2D eigenvalue weighted by Gasteiger charge is 2.14. The van der Waals surface area contributed by atoms with Crippen molar-refractivity contribution in [2.24, 2.45) is 0 Å². The van der Waals surface area contributed by atoms with Crippen LogP contribution in [0.3, 0.4) is 0 Å². The van der Waals surface area contributed by atoms with Crippen molar-refractivity contribution in [1.82, 2.24) is 10.6 Å². The van der Waals surface area contributed by atoms with E-state index in [1.165, 1.54) is 0 Å². The molecule has 27 heavy (non-hydrogen) atoms. The van der Waals surface area contributed by atoms with E-state index in [9.17, 15) is 9.59 Å². The Balaban J connectivity index is 2.22. The van der Waals surface area contributed by atoms with E-state index in [-0.39, 0.29) is 17.5 Å². The van der Waals surface area contributed by atoms with Crippen LogP contribution in [0.4, 0.5) is 5.69 Å². The predicted octanol–water partition coefficient (Wildman–Crippen LogP) is 3.44. The van der Waals surface area contributed by atoms with E-state index in [2.05, 4.69) is 17.6 Å². The van der Waals surface area contributed by atoms with Crippen molar-refractivity contribution in [2.75, 3.05) is 25.5 Å². The quantitative estimate of drug-likeness (QED) is 0.556. The third-order valence-corrected chi connectivity index (χ3v) is 4.07. The van der Waals surface area contributed by atoms with Gasteiger partial charge in [-0.1, -0.05) is 43.7 Å². The van der Waals surface area contributed by atoms with Crippen LogP contribution in [0.25, 0.3) is 6.08 Å². The summed E-state index contributed by atoms with van der Waals surface area (Å²) in [4.78, 5) is 27.0. The smallest absolute Gasteiger partial charge is 0.267 e. The maximum absolute atomic E-state index is 12.6. The summed E-state index contributed by atoms with van der Waals surface area (Å²) in [7, 11) is 3.94. The third kappa shape index (κ3) is 6.29. The number of rotatable bonds is 8. The lowest BCUT2D eigenvalue weighted by Gasteiger charge is -2.13. The van der Waals surface area contributed by atoms with Gasteiger partial charge >= 0.3 is 0 Å². The molecule has 142 valence electrons. The van der Waals surface area contributed by atoms with Crippen molar-refractivity contribution in [3.05, 3.63) is 71.4 Å². The fourth-order valence-corrected chi connectivity index (χ4v) is 2.45. The number of anilines is 1. The fraction of sp³-hybridized carbons (Fsp3) is 0.273. The topological polar surface area (TPSA) is 61.4 Å². The first kappa shape index (κ1) is 20.2. The van der Waals surface area contributed by atoms with Crippen LogP contribution in [0, 0.1) is 0 Å². The van der Waals surface area contributed by atoms with E-state index in [4.69, 9.17) is 0 Å². The first-order valence-electron chi connectivity index (χ1n) is 9.15. The number of hydrogen-bond donors (Lipinski definition) is 2. The van der Waals surface area contributed by atoms with Gasteiger partial charge < -0.3 is 15.5 Å². The zero-order chi connectivity index (χ0) is 19.6. The van der Waals surface area contributed by atoms with Gasteiger partial charge in [0, 0.05) is 31.9 Å². The second kappa shape index (κ2) is 10.2. The maximum atomic E-state index is 12.6. The molecule has 0 aromatic heterocycles. The van der Waals surface area contributed by atoms with Crippen LogP contribution in [0.15, 0.2) is 60.3 Å². The fourth-order valence-electron chi connectivity index (χ4n) is 2.45. The number of nitrogens with one attached hydrogen (secondary N) is 2. The highest BCUT2D eigenvalue weighted by atomic mass is 16.2. The van der Waals surface area contributed by atoms with E-state index < -0.39 is 0 Å². The third-order valence-electron chi connectivity index (χ3n) is 4.07. The number of unbranched alkanes of at least 4 members (excludes halogenated alkanes) is 1. The van der Waals surface area contributed by atoms with Crippen LogP contribution < -0.4 is 15.5 Å². The van der Waals surface area contributed by atoms with E-state index in [1.807, 2.05) is 49.3 Å². The molecule has 0 aliphatic rings. The van der Waals surface area contributed by atoms with Crippen LogP contribution in [0.5, 0.6) is 0 Å². The molecule has 2 rings (SSSR count). The highest BCUT2D eigenvalue weighted by molar-refractivity contribution is 6.05. The Morgan fingerprint density at radius 3 is 2.26 bits per heavy atom. The Hall–Kier alpha value is -3.08. The first-order chi connectivity index (χ1) is 13.0. The molecular weight excluding hydrogens is 338 g/mol. The van der Waals surface area contributed by atoms with Crippen LogP contribution in [0.1, 0.15) is 35.7 Å². The molecule has 0 saturated carbocycles. The molecule has 2 amide bonds. The van der Waals surface area contributed by atoms with Gasteiger partial charge in [0.15, 0.2) is 0 Å². The lowest BCUT2D eigenvalue weighted by Crippen LogP contribution is -2.35. The summed E-state index contributed by atoms with van der Waals surface area (Å²) in [6.45, 7) is 2.64. The van der Waals surface area contributed by atoms with Gasteiger partial charge in [-0.15, -0.1) is 0 Å². The molecule has 2 aromatic rings. The van der Waals surface area contributed by atoms with Gasteiger partial charge in [-0.2, -0.15) is 0 Å². The van der Waals surface area contributed by atoms with Gasteiger partial charge in [0.05, 0.1) is 0 Å². The molecule has 0 aliphatic heterocycles. The summed E-state index contributed by atoms with van der Waals surface area (Å²) in [6, 6.07) is 16.6. The molecule has 0 aliphatic carbocycles. The van der Waals surface area contributed by atoms with Gasteiger partial charge in [0.2, 0.25) is 0 Å². The Bertz CT molecular complexity index is 781. The second-order valence-corrected chi connectivity index (χ2v) is 6.47. The summed E-state index contributed by atoms with van der Waals surface area (Å²) in [5.41, 5.74) is 2.65. The monoisotopic (exact) mass is 365 g/mol. The highest BCUT2D eigenvalue weighted by Crippen LogP contribution is 2.14. The van der Waals surface area contributed by atoms with Gasteiger partial charge in [-0.05, 0) is 42.3 Å². The maximum Gasteiger partial charge on any atom is 0.267 e. The average molecular weight is 365 g/mol. The Labute approximate surface area is 161 Å². The van der Waals surface area contributed by atoms with Gasteiger partial charge in [-0.25, -0.2) is 0 Å². The van der Waals surface area contributed by atoms with Crippen LogP contribution in [-0.2, 0) is 4.79 Å². The van der Waals surface area contributed by atoms with Gasteiger partial charge in [0.25, 0.3) is 11.8 Å². The van der Waals surface area contributed by atoms with Crippen LogP contribution in [-0.4, -0.2) is 32.5 Å². The molecule has 0 fully saturated rings. The Morgan fingerprint density at radius 2 is 1.67 bits per heavy atom. The standard InChI is InChI=1S/C22H27N3O2/c1-4-5-15-23-22(27)20(24-21(26)18-9-7-6-8-10-18)16-17-11-13-19(14-12-17)25(2)3/h6-14,16H,4-5,15H2,1-3H3,(H,23,27)(H,24,26). The SMILES string of the molecule is CCCCNC(=O)C(=Cc1ccc(N(C)C)cc1)NC(=O)c1ccccc1. The summed E-state index contributed by atoms with van der Waals surface area (Å²) in [6.07, 6.45) is 3.58. The number of nitrogens with zero attached hydrogens (tertiary/aromatic N) is 1. The normalized spacial score (nSPS) is 11.0. The van der Waals surface area contributed by atoms with E-state index in [0.29, 0.717) is 12.1 Å². The van der Waals surface area contributed by atoms with Crippen molar-refractivity contribution in [3.63, 3.8) is 0 Å². The minimum absolute atomic E-state index is 0.234. The molecule has 0 saturated heterocycles. The largest absolute Gasteiger partial charge is 0.378 e. The van der Waals surface area contributed by atoms with Crippen molar-refractivity contribution >= 4 is 23.6 Å². The molecular formula is C22H27N3O2. The van der Waals surface area contributed by atoms with Gasteiger partial charge in [0.1, 0.15) is 5.70 Å². The van der Waals surface area contributed by atoms with Crippen molar-refractivity contribution < 1.29 is 9.59 Å². The Kier molecular flexibility index (Phi) is 7.62. The van der Waals surface area contributed by atoms with Crippen molar-refractivity contribution in [2.45, 2.75) is 19.8 Å². The lowest BCUT2D eigenvalue weighted by atomic mass is 10.1. The molecule has 0 radical (unpaired) electrons. The summed E-state index contributed by atoms with van der Waals surface area (Å²) in [5.74, 6) is -0.596. The molecule has 0 unspecified atom stereocenters. The van der Waals surface area contributed by atoms with Crippen LogP contribution in [0.2, 0.25) is 0 Å². The molecule has 0 bridgehead atoms. The number of hydrogen-bond acceptors (Lipinski definition) is 3. The zero-order valence-corrected chi connectivity index (χ0v) is 16.2. The molecule has 0 heterocycles. The number of benzene rings is 2. The predicted molar refractivity (Wildman–Crippen MR) is 111 cm³/mol. The number of carbonyl (C=O) groups excluding carboxylic acids is 2. The molecule has 5 nitrogen and oxygen atoms in total. The summed E-state index contributed by atoms with van der Waals surface area (Å²) < 4.78 is 0. The van der Waals surface area contributed by atoms with E-state index >= 15 is 0 Å². The van der Waals surface area contributed by atoms with Crippen LogP contribution >= 0.6 is 0 Å². The zero-order valence-electron chi connectivity index (χ0n) is 16.2. The summed E-state index contributed by atoms with van der Waals surface area (Å²) >= 11 is 0. The minimum Gasteiger partial charge on any atom is -0.378 e. The molecule has 0 atom stereocenters. The van der Waals surface area contributed by atoms with E-state index in [0.717, 1.165) is 24.1 Å². The van der Waals surface area contributed by atoms with E-state index in [1.54, 1.807) is 30.3 Å². The van der Waals surface area contributed by atoms with Crippen molar-refractivity contribution in [3.8, 4) is 0 Å². The lowest BCUT2D eigenvalue weighted by molar-refractivity contribution is -0.117. The summed E-state index contributed by atoms with van der Waals surface area (Å²) in [5, 5.41) is 5.61. The number of amides is 2. The number of carbonyl (C=O) groups is 2. The second-order valence-electron chi connectivity index (χ2n) is 6.47. The first-order valence-corrected chi connectivity index (χ1v) is 9.15. The minimum atomic E-state index is -0.308. The molecule has 0 spiro atoms. The molecule has 5 heteroatoms. The molecule has 2 aromatic carbocycles. The average Bonchev–Trinajstić information content (AvgIpc) is 2.68.